The van der Waals surface area contributed by atoms with Crippen molar-refractivity contribution in [2.24, 2.45) is 0 Å². The number of carbonyl (C=O) groups is 3. The monoisotopic (exact) mass is 961 g/mol. The zero-order valence-corrected chi connectivity index (χ0v) is 45.3. The van der Waals surface area contributed by atoms with Gasteiger partial charge in [-0.3, -0.25) is 14.4 Å². The van der Waals surface area contributed by atoms with Crippen molar-refractivity contribution in [2.75, 3.05) is 13.2 Å². The Kier molecular flexibility index (Phi) is 54.3. The van der Waals surface area contributed by atoms with E-state index in [1.165, 1.54) is 122 Å². The van der Waals surface area contributed by atoms with Gasteiger partial charge in [-0.15, -0.1) is 0 Å². The quantitative estimate of drug-likeness (QED) is 0.0262. The van der Waals surface area contributed by atoms with Crippen LogP contribution in [0.5, 0.6) is 0 Å². The van der Waals surface area contributed by atoms with Gasteiger partial charge in [0.05, 0.1) is 0 Å². The summed E-state index contributed by atoms with van der Waals surface area (Å²) in [5, 5.41) is 0. The zero-order chi connectivity index (χ0) is 50.0. The number of rotatable bonds is 52. The van der Waals surface area contributed by atoms with Crippen molar-refractivity contribution in [1.82, 2.24) is 0 Å². The van der Waals surface area contributed by atoms with Crippen LogP contribution in [0.4, 0.5) is 0 Å². The van der Waals surface area contributed by atoms with E-state index in [9.17, 15) is 14.4 Å². The van der Waals surface area contributed by atoms with Gasteiger partial charge in [-0.2, -0.15) is 0 Å². The first-order valence-electron chi connectivity index (χ1n) is 29.1. The maximum Gasteiger partial charge on any atom is 0.306 e. The molecule has 6 heteroatoms. The Labute approximate surface area is 426 Å². The summed E-state index contributed by atoms with van der Waals surface area (Å²) in [6.45, 7) is 6.45. The molecule has 0 heterocycles. The Balaban J connectivity index is 4.13. The molecule has 1 atom stereocenters. The molecule has 0 N–H and O–H groups in total. The van der Waals surface area contributed by atoms with Crippen LogP contribution >= 0.6 is 0 Å². The van der Waals surface area contributed by atoms with Crippen molar-refractivity contribution in [3.05, 3.63) is 85.1 Å². The summed E-state index contributed by atoms with van der Waals surface area (Å²) in [6, 6.07) is 0. The molecule has 0 rings (SSSR count). The number of carbonyl (C=O) groups excluding carboxylic acids is 3. The van der Waals surface area contributed by atoms with Gasteiger partial charge in [0.25, 0.3) is 0 Å². The Bertz CT molecular complexity index is 1330. The smallest absolute Gasteiger partial charge is 0.306 e. The number of hydrogen-bond acceptors (Lipinski definition) is 6. The molecule has 0 amide bonds. The summed E-state index contributed by atoms with van der Waals surface area (Å²) in [5.74, 6) is -0.895. The van der Waals surface area contributed by atoms with Crippen LogP contribution in [0.1, 0.15) is 278 Å². The van der Waals surface area contributed by atoms with E-state index in [-0.39, 0.29) is 31.1 Å². The SMILES string of the molecule is CC/C=C\C/C=C\C/C=C\C/C=C\C/C=C\CCCCCCCCCCCCCCCC(=O)OCC(COC(=O)CCCCCCCCCC)OC(=O)CCCCCCC/C=C\C/C=C\CCCC. The number of esters is 3. The molecule has 6 nitrogen and oxygen atoms in total. The van der Waals surface area contributed by atoms with Crippen molar-refractivity contribution in [3.63, 3.8) is 0 Å². The lowest BCUT2D eigenvalue weighted by Crippen LogP contribution is -2.30. The molecule has 0 aliphatic rings. The Morgan fingerprint density at radius 3 is 0.928 bits per heavy atom. The summed E-state index contributed by atoms with van der Waals surface area (Å²) in [5.41, 5.74) is 0. The van der Waals surface area contributed by atoms with Gasteiger partial charge in [-0.05, 0) is 89.9 Å². The van der Waals surface area contributed by atoms with Gasteiger partial charge in [-0.25, -0.2) is 0 Å². The van der Waals surface area contributed by atoms with Crippen LogP contribution in [0.2, 0.25) is 0 Å². The van der Waals surface area contributed by atoms with Crippen molar-refractivity contribution in [3.8, 4) is 0 Å². The van der Waals surface area contributed by atoms with Crippen molar-refractivity contribution in [2.45, 2.75) is 284 Å². The molecule has 0 bridgehead atoms. The zero-order valence-electron chi connectivity index (χ0n) is 45.3. The topological polar surface area (TPSA) is 78.9 Å². The number of unbranched alkanes of at least 4 members (excludes halogenated alkanes) is 27. The fraction of sp³-hybridized carbons (Fsp3) is 0.730. The van der Waals surface area contributed by atoms with Crippen LogP contribution in [0.15, 0.2) is 85.1 Å². The van der Waals surface area contributed by atoms with Gasteiger partial charge >= 0.3 is 17.9 Å². The van der Waals surface area contributed by atoms with Crippen LogP contribution in [-0.2, 0) is 28.6 Å². The fourth-order valence-electron chi connectivity index (χ4n) is 8.02. The van der Waals surface area contributed by atoms with E-state index in [4.69, 9.17) is 14.2 Å². The average molecular weight is 962 g/mol. The third-order valence-electron chi connectivity index (χ3n) is 12.4. The predicted molar refractivity (Wildman–Crippen MR) is 297 cm³/mol. The molecule has 396 valence electrons. The van der Waals surface area contributed by atoms with Gasteiger partial charge in [0.1, 0.15) is 13.2 Å². The van der Waals surface area contributed by atoms with E-state index >= 15 is 0 Å². The molecule has 0 radical (unpaired) electrons. The molecule has 69 heavy (non-hydrogen) atoms. The third-order valence-corrected chi connectivity index (χ3v) is 12.4. The van der Waals surface area contributed by atoms with E-state index < -0.39 is 6.10 Å². The highest BCUT2D eigenvalue weighted by atomic mass is 16.6. The third kappa shape index (κ3) is 55.4. The largest absolute Gasteiger partial charge is 0.462 e. The summed E-state index contributed by atoms with van der Waals surface area (Å²) in [4.78, 5) is 38.0. The lowest BCUT2D eigenvalue weighted by Gasteiger charge is -2.18. The van der Waals surface area contributed by atoms with E-state index in [1.807, 2.05) is 0 Å². The molecule has 0 saturated carbocycles. The van der Waals surface area contributed by atoms with Crippen LogP contribution in [0, 0.1) is 0 Å². The van der Waals surface area contributed by atoms with Gasteiger partial charge in [0.15, 0.2) is 6.10 Å². The first kappa shape index (κ1) is 65.6. The molecule has 0 spiro atoms. The van der Waals surface area contributed by atoms with Gasteiger partial charge < -0.3 is 14.2 Å². The van der Waals surface area contributed by atoms with Gasteiger partial charge in [0.2, 0.25) is 0 Å². The molecule has 0 aliphatic heterocycles. The lowest BCUT2D eigenvalue weighted by molar-refractivity contribution is -0.167. The van der Waals surface area contributed by atoms with E-state index in [2.05, 4.69) is 106 Å². The Morgan fingerprint density at radius 1 is 0.304 bits per heavy atom. The normalized spacial score (nSPS) is 12.7. The van der Waals surface area contributed by atoms with Gasteiger partial charge in [-0.1, -0.05) is 254 Å². The molecule has 0 saturated heterocycles. The minimum absolute atomic E-state index is 0.0800. The summed E-state index contributed by atoms with van der Waals surface area (Å²) >= 11 is 0. The van der Waals surface area contributed by atoms with E-state index in [1.54, 1.807) is 0 Å². The minimum atomic E-state index is -0.780. The lowest BCUT2D eigenvalue weighted by atomic mass is 10.0. The van der Waals surface area contributed by atoms with Crippen molar-refractivity contribution < 1.29 is 28.6 Å². The van der Waals surface area contributed by atoms with Crippen LogP contribution in [0.25, 0.3) is 0 Å². The molecule has 0 fully saturated rings. The molecule has 0 aromatic heterocycles. The molecule has 1 unspecified atom stereocenters. The number of ether oxygens (including phenoxy) is 3. The summed E-state index contributed by atoms with van der Waals surface area (Å²) < 4.78 is 16.8. The molecule has 0 aromatic rings. The second-order valence-electron chi connectivity index (χ2n) is 19.2. The summed E-state index contributed by atoms with van der Waals surface area (Å²) in [7, 11) is 0. The average Bonchev–Trinajstić information content (AvgIpc) is 3.35. The van der Waals surface area contributed by atoms with Gasteiger partial charge in [0, 0.05) is 19.3 Å². The standard InChI is InChI=1S/C63H108O6/c1-4-7-10-13-16-19-21-23-25-26-27-28-29-30-31-32-33-34-35-36-37-38-39-41-42-44-47-50-53-56-62(65)68-59-60(58-67-61(64)55-52-49-46-18-15-12-9-6-3)69-63(66)57-54-51-48-45-43-40-24-22-20-17-14-11-8-5-2/h7,10,14,16-17,19,22-25,27-28,30-31,60H,4-6,8-9,11-13,15,18,20-21,26,29,32-59H2,1-3H3/b10-7-,17-14-,19-16-,24-22-,25-23-,28-27-,31-30-. The fourth-order valence-corrected chi connectivity index (χ4v) is 8.02. The highest BCUT2D eigenvalue weighted by Gasteiger charge is 2.19. The highest BCUT2D eigenvalue weighted by molar-refractivity contribution is 5.71. The van der Waals surface area contributed by atoms with Crippen LogP contribution in [0.3, 0.4) is 0 Å². The number of hydrogen-bond donors (Lipinski definition) is 0. The first-order chi connectivity index (χ1) is 34.0. The van der Waals surface area contributed by atoms with E-state index in [0.29, 0.717) is 19.3 Å². The highest BCUT2D eigenvalue weighted by Crippen LogP contribution is 2.16. The van der Waals surface area contributed by atoms with Crippen molar-refractivity contribution >= 4 is 17.9 Å². The molecule has 0 aromatic carbocycles. The maximum absolute atomic E-state index is 12.8. The predicted octanol–water partition coefficient (Wildman–Crippen LogP) is 19.5. The summed E-state index contributed by atoms with van der Waals surface area (Å²) in [6.07, 6.45) is 74.5. The second kappa shape index (κ2) is 57.2. The second-order valence-corrected chi connectivity index (χ2v) is 19.2. The Morgan fingerprint density at radius 2 is 0.580 bits per heavy atom. The maximum atomic E-state index is 12.8. The molecular formula is C63H108O6. The molecule has 0 aliphatic carbocycles. The minimum Gasteiger partial charge on any atom is -0.462 e. The number of allylic oxidation sites excluding steroid dienone is 14. The van der Waals surface area contributed by atoms with E-state index in [0.717, 1.165) is 116 Å². The van der Waals surface area contributed by atoms with Crippen LogP contribution in [-0.4, -0.2) is 37.2 Å². The Hall–Kier alpha value is -3.41. The molecular weight excluding hydrogens is 853 g/mol. The van der Waals surface area contributed by atoms with Crippen molar-refractivity contribution in [1.29, 1.82) is 0 Å². The van der Waals surface area contributed by atoms with Crippen LogP contribution < -0.4 is 0 Å². The first-order valence-corrected chi connectivity index (χ1v) is 29.1.